The Balaban J connectivity index is 2.32. The maximum atomic E-state index is 14.4. The predicted octanol–water partition coefficient (Wildman–Crippen LogP) is 3.74. The van der Waals surface area contributed by atoms with Gasteiger partial charge in [-0.15, -0.1) is 0 Å². The molecule has 1 amide bonds. The van der Waals surface area contributed by atoms with Crippen molar-refractivity contribution < 1.29 is 9.18 Å². The molecule has 0 saturated carbocycles. The van der Waals surface area contributed by atoms with Crippen LogP contribution < -0.4 is 5.73 Å². The fraction of sp³-hybridized carbons (Fsp3) is 0.222. The van der Waals surface area contributed by atoms with Gasteiger partial charge in [0.25, 0.3) is 0 Å². The first-order valence-corrected chi connectivity index (χ1v) is 7.11. The van der Waals surface area contributed by atoms with Crippen LogP contribution in [0, 0.1) is 25.1 Å². The minimum atomic E-state index is -0.461. The van der Waals surface area contributed by atoms with Crippen molar-refractivity contribution >= 4 is 11.6 Å². The largest absolute Gasteiger partial charge is 0.370 e. The summed E-state index contributed by atoms with van der Waals surface area (Å²) in [6.45, 7) is 3.91. The molecule has 0 heterocycles. The van der Waals surface area contributed by atoms with E-state index in [4.69, 9.17) is 11.1 Å². The third-order valence-corrected chi connectivity index (χ3v) is 3.62. The lowest BCUT2D eigenvalue weighted by Crippen LogP contribution is -2.12. The van der Waals surface area contributed by atoms with Gasteiger partial charge in [0, 0.05) is 17.7 Å². The Kier molecular flexibility index (Phi) is 4.71. The molecule has 0 radical (unpaired) electrons. The second-order valence-corrected chi connectivity index (χ2v) is 5.46. The molecule has 0 fully saturated rings. The van der Waals surface area contributed by atoms with Gasteiger partial charge in [-0.05, 0) is 43.0 Å². The summed E-state index contributed by atoms with van der Waals surface area (Å²) in [6, 6.07) is 10.7. The van der Waals surface area contributed by atoms with Gasteiger partial charge in [0.05, 0.1) is 0 Å². The highest BCUT2D eigenvalue weighted by Gasteiger charge is 2.11. The van der Waals surface area contributed by atoms with E-state index in [-0.39, 0.29) is 24.4 Å². The van der Waals surface area contributed by atoms with Crippen LogP contribution in [0.25, 0.3) is 11.1 Å². The molecule has 4 heteroatoms. The van der Waals surface area contributed by atoms with Gasteiger partial charge in [0.2, 0.25) is 5.91 Å². The van der Waals surface area contributed by atoms with Crippen molar-refractivity contribution in [3.63, 3.8) is 0 Å². The van der Waals surface area contributed by atoms with Gasteiger partial charge < -0.3 is 11.1 Å². The van der Waals surface area contributed by atoms with Crippen LogP contribution in [0.3, 0.4) is 0 Å². The predicted molar refractivity (Wildman–Crippen MR) is 86.6 cm³/mol. The van der Waals surface area contributed by atoms with E-state index in [0.29, 0.717) is 11.1 Å². The van der Waals surface area contributed by atoms with Gasteiger partial charge in [-0.25, -0.2) is 4.39 Å². The number of aryl methyl sites for hydroxylation is 2. The molecule has 3 N–H and O–H groups in total. The Morgan fingerprint density at radius 3 is 2.45 bits per heavy atom. The van der Waals surface area contributed by atoms with Crippen LogP contribution in [0.15, 0.2) is 36.4 Å². The summed E-state index contributed by atoms with van der Waals surface area (Å²) in [4.78, 5) is 10.8. The van der Waals surface area contributed by atoms with E-state index in [2.05, 4.69) is 0 Å². The molecule has 0 aromatic heterocycles. The molecule has 3 nitrogen and oxygen atoms in total. The maximum absolute atomic E-state index is 14.4. The second-order valence-electron chi connectivity index (χ2n) is 5.46. The first-order chi connectivity index (χ1) is 10.4. The van der Waals surface area contributed by atoms with Crippen molar-refractivity contribution in [3.8, 4) is 11.1 Å². The van der Waals surface area contributed by atoms with E-state index in [9.17, 15) is 9.18 Å². The summed E-state index contributed by atoms with van der Waals surface area (Å²) < 4.78 is 14.4. The van der Waals surface area contributed by atoms with Gasteiger partial charge >= 0.3 is 0 Å². The van der Waals surface area contributed by atoms with E-state index < -0.39 is 5.91 Å². The number of primary amides is 1. The molecule has 2 aromatic carbocycles. The Morgan fingerprint density at radius 2 is 1.82 bits per heavy atom. The average Bonchev–Trinajstić information content (AvgIpc) is 2.47. The number of carbonyl (C=O) groups excluding carboxylic acids is 1. The first-order valence-electron chi connectivity index (χ1n) is 7.11. The summed E-state index contributed by atoms with van der Waals surface area (Å²) in [5, 5.41) is 7.90. The van der Waals surface area contributed by atoms with Crippen molar-refractivity contribution in [2.75, 3.05) is 0 Å². The zero-order valence-corrected chi connectivity index (χ0v) is 12.7. The lowest BCUT2D eigenvalue weighted by molar-refractivity contribution is -0.117. The number of amides is 1. The van der Waals surface area contributed by atoms with E-state index in [1.54, 1.807) is 12.1 Å². The molecule has 0 unspecified atom stereocenters. The third-order valence-electron chi connectivity index (χ3n) is 3.62. The number of nitrogens with one attached hydrogen (secondary N) is 1. The molecule has 0 aliphatic carbocycles. The van der Waals surface area contributed by atoms with E-state index in [1.165, 1.54) is 6.07 Å². The van der Waals surface area contributed by atoms with Gasteiger partial charge in [0.1, 0.15) is 5.82 Å². The van der Waals surface area contributed by atoms with Crippen molar-refractivity contribution in [1.82, 2.24) is 0 Å². The molecule has 114 valence electrons. The van der Waals surface area contributed by atoms with Crippen molar-refractivity contribution in [2.24, 2.45) is 5.73 Å². The molecule has 2 rings (SSSR count). The van der Waals surface area contributed by atoms with Crippen LogP contribution in [0.4, 0.5) is 4.39 Å². The van der Waals surface area contributed by atoms with Crippen LogP contribution in [0.2, 0.25) is 0 Å². The highest BCUT2D eigenvalue weighted by Crippen LogP contribution is 2.28. The quantitative estimate of drug-likeness (QED) is 0.811. The molecule has 0 aliphatic heterocycles. The Bertz CT molecular complexity index is 738. The molecular formula is C18H19FN2O. The second kappa shape index (κ2) is 6.52. The molecule has 0 atom stereocenters. The number of carbonyl (C=O) groups is 1. The molecule has 0 bridgehead atoms. The Labute approximate surface area is 129 Å². The Hall–Kier alpha value is -2.49. The van der Waals surface area contributed by atoms with Gasteiger partial charge in [-0.3, -0.25) is 4.79 Å². The van der Waals surface area contributed by atoms with Crippen LogP contribution >= 0.6 is 0 Å². The first kappa shape index (κ1) is 15.9. The zero-order chi connectivity index (χ0) is 16.3. The summed E-state index contributed by atoms with van der Waals surface area (Å²) in [7, 11) is 0. The number of nitrogens with two attached hydrogens (primary N) is 1. The normalized spacial score (nSPS) is 10.5. The third kappa shape index (κ3) is 3.58. The molecule has 22 heavy (non-hydrogen) atoms. The average molecular weight is 298 g/mol. The van der Waals surface area contributed by atoms with Crippen molar-refractivity contribution in [3.05, 3.63) is 58.9 Å². The molecular weight excluding hydrogens is 279 g/mol. The summed E-state index contributed by atoms with van der Waals surface area (Å²) in [5.41, 5.74) is 9.21. The molecule has 0 saturated heterocycles. The lowest BCUT2D eigenvalue weighted by atomic mass is 9.95. The highest BCUT2D eigenvalue weighted by molar-refractivity contribution is 6.00. The monoisotopic (exact) mass is 298 g/mol. The van der Waals surface area contributed by atoms with Crippen molar-refractivity contribution in [1.29, 1.82) is 5.41 Å². The van der Waals surface area contributed by atoms with Crippen LogP contribution in [0.5, 0.6) is 0 Å². The number of halogens is 1. The minimum absolute atomic E-state index is 0.0964. The molecule has 0 aliphatic rings. The summed E-state index contributed by atoms with van der Waals surface area (Å²) in [5.74, 6) is -0.827. The molecule has 0 spiro atoms. The van der Waals surface area contributed by atoms with E-state index in [1.807, 2.05) is 32.0 Å². The smallest absolute Gasteiger partial charge is 0.217 e. The van der Waals surface area contributed by atoms with E-state index in [0.717, 1.165) is 16.7 Å². The summed E-state index contributed by atoms with van der Waals surface area (Å²) >= 11 is 0. The van der Waals surface area contributed by atoms with Crippen molar-refractivity contribution in [2.45, 2.75) is 26.7 Å². The molecule has 2 aromatic rings. The van der Waals surface area contributed by atoms with Gasteiger partial charge in [0.15, 0.2) is 0 Å². The summed E-state index contributed by atoms with van der Waals surface area (Å²) in [6.07, 6.45) is 0.316. The number of benzene rings is 2. The fourth-order valence-electron chi connectivity index (χ4n) is 2.34. The maximum Gasteiger partial charge on any atom is 0.217 e. The highest BCUT2D eigenvalue weighted by atomic mass is 19.1. The van der Waals surface area contributed by atoms with Crippen LogP contribution in [0.1, 0.15) is 29.5 Å². The fourth-order valence-corrected chi connectivity index (χ4v) is 2.34. The standard InChI is InChI=1S/C18H19FN2O/c1-11-3-4-12(2)15(9-11)14-6-5-13(10-16(14)19)17(20)7-8-18(21)22/h3-6,9-10,20H,7-8H2,1-2H3,(H2,21,22). The number of hydrogen-bond donors (Lipinski definition) is 2. The zero-order valence-electron chi connectivity index (χ0n) is 12.7. The van der Waals surface area contributed by atoms with Gasteiger partial charge in [-0.2, -0.15) is 0 Å². The van der Waals surface area contributed by atoms with Gasteiger partial charge in [-0.1, -0.05) is 35.9 Å². The Morgan fingerprint density at radius 1 is 1.09 bits per heavy atom. The topological polar surface area (TPSA) is 66.9 Å². The SMILES string of the molecule is Cc1ccc(C)c(-c2ccc(C(=N)CCC(N)=O)cc2F)c1. The lowest BCUT2D eigenvalue weighted by Gasteiger charge is -2.10. The van der Waals surface area contributed by atoms with Crippen LogP contribution in [-0.2, 0) is 4.79 Å². The number of hydrogen-bond acceptors (Lipinski definition) is 2. The minimum Gasteiger partial charge on any atom is -0.370 e. The van der Waals surface area contributed by atoms with E-state index >= 15 is 0 Å². The van der Waals surface area contributed by atoms with Crippen LogP contribution in [-0.4, -0.2) is 11.6 Å². The number of rotatable bonds is 5.